The van der Waals surface area contributed by atoms with Crippen molar-refractivity contribution < 1.29 is 13.5 Å². The molecule has 0 aromatic heterocycles. The van der Waals surface area contributed by atoms with Gasteiger partial charge in [0.1, 0.15) is 0 Å². The van der Waals surface area contributed by atoms with Crippen LogP contribution >= 0.6 is 15.9 Å². The third kappa shape index (κ3) is 3.61. The van der Waals surface area contributed by atoms with Gasteiger partial charge in [-0.15, -0.1) is 0 Å². The molecule has 0 saturated heterocycles. The molecule has 2 unspecified atom stereocenters. The van der Waals surface area contributed by atoms with Crippen LogP contribution in [0.25, 0.3) is 0 Å². The summed E-state index contributed by atoms with van der Waals surface area (Å²) in [5.74, 6) is 1.01. The van der Waals surface area contributed by atoms with Gasteiger partial charge in [-0.25, -0.2) is 13.1 Å². The number of rotatable bonds is 5. The number of hydrogen-bond acceptors (Lipinski definition) is 3. The lowest BCUT2D eigenvalue weighted by Crippen LogP contribution is -2.30. The molecule has 0 spiro atoms. The van der Waals surface area contributed by atoms with E-state index in [1.807, 2.05) is 0 Å². The second kappa shape index (κ2) is 6.56. The summed E-state index contributed by atoms with van der Waals surface area (Å²) < 4.78 is 27.8. The summed E-state index contributed by atoms with van der Waals surface area (Å²) in [6, 6.07) is 4.78. The lowest BCUT2D eigenvalue weighted by atomic mass is 9.99. The van der Waals surface area contributed by atoms with E-state index in [0.717, 1.165) is 6.42 Å². The van der Waals surface area contributed by atoms with Gasteiger partial charge in [0.2, 0.25) is 10.0 Å². The van der Waals surface area contributed by atoms with E-state index >= 15 is 0 Å². The van der Waals surface area contributed by atoms with Gasteiger partial charge in [0, 0.05) is 11.0 Å². The molecule has 2 atom stereocenters. The van der Waals surface area contributed by atoms with Crippen molar-refractivity contribution in [1.82, 2.24) is 4.72 Å². The summed E-state index contributed by atoms with van der Waals surface area (Å²) in [5.41, 5.74) is 0.681. The van der Waals surface area contributed by atoms with Crippen molar-refractivity contribution in [2.75, 3.05) is 6.54 Å². The summed E-state index contributed by atoms with van der Waals surface area (Å²) in [7, 11) is -3.51. The first-order valence-electron chi connectivity index (χ1n) is 6.83. The maximum absolute atomic E-state index is 12.3. The zero-order valence-corrected chi connectivity index (χ0v) is 13.9. The number of halogens is 1. The van der Waals surface area contributed by atoms with Crippen molar-refractivity contribution >= 4 is 26.0 Å². The van der Waals surface area contributed by atoms with Crippen LogP contribution in [0.4, 0.5) is 0 Å². The summed E-state index contributed by atoms with van der Waals surface area (Å²) in [4.78, 5) is 0.223. The molecule has 20 heavy (non-hydrogen) atoms. The van der Waals surface area contributed by atoms with Crippen molar-refractivity contribution in [3.63, 3.8) is 0 Å². The molecule has 1 fully saturated rings. The van der Waals surface area contributed by atoms with Gasteiger partial charge in [0.25, 0.3) is 0 Å². The van der Waals surface area contributed by atoms with Crippen LogP contribution in [0.1, 0.15) is 31.7 Å². The Morgan fingerprint density at radius 3 is 2.70 bits per heavy atom. The van der Waals surface area contributed by atoms with Gasteiger partial charge in [0.15, 0.2) is 0 Å². The van der Waals surface area contributed by atoms with Crippen LogP contribution in [0.3, 0.4) is 0 Å². The number of sulfonamides is 1. The minimum Gasteiger partial charge on any atom is -0.392 e. The van der Waals surface area contributed by atoms with E-state index in [9.17, 15) is 8.42 Å². The van der Waals surface area contributed by atoms with E-state index in [0.29, 0.717) is 28.4 Å². The zero-order valence-electron chi connectivity index (χ0n) is 11.5. The van der Waals surface area contributed by atoms with Crippen LogP contribution in [0.5, 0.6) is 0 Å². The number of benzene rings is 1. The molecule has 6 heteroatoms. The molecule has 0 heterocycles. The minimum absolute atomic E-state index is 0.105. The van der Waals surface area contributed by atoms with Crippen molar-refractivity contribution in [3.8, 4) is 0 Å². The van der Waals surface area contributed by atoms with E-state index in [2.05, 4.69) is 27.6 Å². The predicted octanol–water partition coefficient (Wildman–Crippen LogP) is 2.66. The van der Waals surface area contributed by atoms with Crippen molar-refractivity contribution in [1.29, 1.82) is 0 Å². The Bertz CT molecular complexity index is 574. The summed E-state index contributed by atoms with van der Waals surface area (Å²) in [6.07, 6.45) is 3.46. The molecule has 0 radical (unpaired) electrons. The first-order chi connectivity index (χ1) is 9.44. The van der Waals surface area contributed by atoms with Crippen LogP contribution in [-0.2, 0) is 16.6 Å². The van der Waals surface area contributed by atoms with Gasteiger partial charge in [-0.3, -0.25) is 0 Å². The van der Waals surface area contributed by atoms with Crippen molar-refractivity contribution in [2.24, 2.45) is 11.8 Å². The Morgan fingerprint density at radius 1 is 1.40 bits per heavy atom. The zero-order chi connectivity index (χ0) is 14.8. The third-order valence-electron chi connectivity index (χ3n) is 4.04. The van der Waals surface area contributed by atoms with Crippen molar-refractivity contribution in [2.45, 2.75) is 37.7 Å². The Kier molecular flexibility index (Phi) is 5.23. The second-order valence-electron chi connectivity index (χ2n) is 5.44. The number of hydrogen-bond donors (Lipinski definition) is 2. The molecule has 2 rings (SSSR count). The molecule has 0 bridgehead atoms. The van der Waals surface area contributed by atoms with E-state index in [-0.39, 0.29) is 11.5 Å². The molecule has 1 saturated carbocycles. The monoisotopic (exact) mass is 361 g/mol. The van der Waals surface area contributed by atoms with Gasteiger partial charge >= 0.3 is 0 Å². The second-order valence-corrected chi connectivity index (χ2v) is 8.03. The topological polar surface area (TPSA) is 66.4 Å². The molecule has 4 nitrogen and oxygen atoms in total. The highest BCUT2D eigenvalue weighted by Gasteiger charge is 2.26. The summed E-state index contributed by atoms with van der Waals surface area (Å²) >= 11 is 3.26. The molecule has 2 N–H and O–H groups in total. The number of aliphatic hydroxyl groups excluding tert-OH is 1. The predicted molar refractivity (Wildman–Crippen MR) is 81.8 cm³/mol. The Hall–Kier alpha value is -0.430. The quantitative estimate of drug-likeness (QED) is 0.846. The normalized spacial score (nSPS) is 23.1. The van der Waals surface area contributed by atoms with E-state index in [1.165, 1.54) is 18.9 Å². The molecule has 112 valence electrons. The highest BCUT2D eigenvalue weighted by Crippen LogP contribution is 2.31. The molecule has 0 aliphatic heterocycles. The number of aliphatic hydroxyl groups is 1. The SMILES string of the molecule is CC1CCCC1CNS(=O)(=O)c1ccc(CO)cc1Br. The van der Waals surface area contributed by atoms with Crippen LogP contribution in [0, 0.1) is 11.8 Å². The highest BCUT2D eigenvalue weighted by molar-refractivity contribution is 9.10. The largest absolute Gasteiger partial charge is 0.392 e. The van der Waals surface area contributed by atoms with Crippen LogP contribution in [0.15, 0.2) is 27.6 Å². The lowest BCUT2D eigenvalue weighted by molar-refractivity contribution is 0.281. The Morgan fingerprint density at radius 2 is 2.15 bits per heavy atom. The molecule has 1 aromatic carbocycles. The standard InChI is InChI=1S/C14H20BrNO3S/c1-10-3-2-4-12(10)8-16-20(18,19)14-6-5-11(9-17)7-13(14)15/h5-7,10,12,16-17H,2-4,8-9H2,1H3. The fourth-order valence-corrected chi connectivity index (χ4v) is 4.90. The van der Waals surface area contributed by atoms with Crippen molar-refractivity contribution in [3.05, 3.63) is 28.2 Å². The van der Waals surface area contributed by atoms with E-state index in [1.54, 1.807) is 12.1 Å². The average Bonchev–Trinajstić information content (AvgIpc) is 2.81. The van der Waals surface area contributed by atoms with Gasteiger partial charge in [-0.2, -0.15) is 0 Å². The van der Waals surface area contributed by atoms with Crippen LogP contribution in [-0.4, -0.2) is 20.1 Å². The molecule has 1 aliphatic carbocycles. The Balaban J connectivity index is 2.10. The maximum atomic E-state index is 12.3. The fraction of sp³-hybridized carbons (Fsp3) is 0.571. The summed E-state index contributed by atoms with van der Waals surface area (Å²) in [5, 5.41) is 9.05. The average molecular weight is 362 g/mol. The fourth-order valence-electron chi connectivity index (χ4n) is 2.68. The van der Waals surface area contributed by atoms with E-state index < -0.39 is 10.0 Å². The number of nitrogens with one attached hydrogen (secondary N) is 1. The first-order valence-corrected chi connectivity index (χ1v) is 9.10. The minimum atomic E-state index is -3.51. The van der Waals surface area contributed by atoms with E-state index in [4.69, 9.17) is 5.11 Å². The van der Waals surface area contributed by atoms with Crippen LogP contribution in [0.2, 0.25) is 0 Å². The molecule has 1 aliphatic rings. The molecular weight excluding hydrogens is 342 g/mol. The van der Waals surface area contributed by atoms with Gasteiger partial charge in [-0.05, 0) is 51.9 Å². The maximum Gasteiger partial charge on any atom is 0.241 e. The third-order valence-corrected chi connectivity index (χ3v) is 6.44. The smallest absolute Gasteiger partial charge is 0.241 e. The Labute approximate surface area is 128 Å². The lowest BCUT2D eigenvalue weighted by Gasteiger charge is -2.16. The first kappa shape index (κ1) is 15.9. The highest BCUT2D eigenvalue weighted by atomic mass is 79.9. The van der Waals surface area contributed by atoms with Gasteiger partial charge in [-0.1, -0.05) is 25.8 Å². The van der Waals surface area contributed by atoms with Gasteiger partial charge in [0.05, 0.1) is 11.5 Å². The molecule has 0 amide bonds. The molecular formula is C14H20BrNO3S. The molecule has 1 aromatic rings. The summed E-state index contributed by atoms with van der Waals surface area (Å²) in [6.45, 7) is 2.57. The van der Waals surface area contributed by atoms with Crippen LogP contribution < -0.4 is 4.72 Å². The van der Waals surface area contributed by atoms with Gasteiger partial charge < -0.3 is 5.11 Å².